The molecule has 0 amide bonds. The highest BCUT2D eigenvalue weighted by molar-refractivity contribution is 7.25. The minimum atomic E-state index is 0.568. The van der Waals surface area contributed by atoms with Crippen molar-refractivity contribution in [2.45, 2.75) is 0 Å². The van der Waals surface area contributed by atoms with Crippen LogP contribution in [0.2, 0.25) is 0 Å². The molecule has 0 bridgehead atoms. The molecule has 63 heavy (non-hydrogen) atoms. The van der Waals surface area contributed by atoms with Gasteiger partial charge in [-0.05, 0) is 77.9 Å². The summed E-state index contributed by atoms with van der Waals surface area (Å²) in [4.78, 5) is 24.8. The maximum Gasteiger partial charge on any atom is 0.238 e. The molecule has 0 aliphatic rings. The van der Waals surface area contributed by atoms with Crippen molar-refractivity contribution < 1.29 is 0 Å². The van der Waals surface area contributed by atoms with Crippen molar-refractivity contribution in [3.05, 3.63) is 201 Å². The number of hydrogen-bond acceptors (Lipinski definition) is 6. The molecule has 294 valence electrons. The van der Waals surface area contributed by atoms with Gasteiger partial charge in [-0.2, -0.15) is 9.97 Å². The van der Waals surface area contributed by atoms with E-state index in [1.54, 1.807) is 11.3 Å². The third-order valence-electron chi connectivity index (χ3n) is 12.1. The van der Waals surface area contributed by atoms with Crippen LogP contribution in [0, 0.1) is 0 Å². The lowest BCUT2D eigenvalue weighted by Gasteiger charge is -2.11. The molecular formula is C55H33N7S. The van der Waals surface area contributed by atoms with Gasteiger partial charge in [0.15, 0.2) is 11.6 Å². The second-order valence-corrected chi connectivity index (χ2v) is 16.9. The van der Waals surface area contributed by atoms with Crippen LogP contribution in [0.15, 0.2) is 201 Å². The van der Waals surface area contributed by atoms with Crippen molar-refractivity contribution in [2.75, 3.05) is 0 Å². The molecule has 7 aromatic carbocycles. The number of aromatic nitrogens is 7. The number of hydrogen-bond donors (Lipinski definition) is 0. The van der Waals surface area contributed by atoms with Crippen LogP contribution < -0.4 is 0 Å². The lowest BCUT2D eigenvalue weighted by Crippen LogP contribution is -2.06. The average molecular weight is 824 g/mol. The second kappa shape index (κ2) is 14.1. The minimum Gasteiger partial charge on any atom is -0.309 e. The Balaban J connectivity index is 0.937. The molecular weight excluding hydrogens is 791 g/mol. The molecule has 0 unspecified atom stereocenters. The number of thiophene rings is 1. The Bertz CT molecular complexity index is 3870. The van der Waals surface area contributed by atoms with E-state index in [9.17, 15) is 0 Å². The first-order valence-corrected chi connectivity index (χ1v) is 21.7. The van der Waals surface area contributed by atoms with Crippen molar-refractivity contribution in [3.8, 4) is 56.7 Å². The summed E-state index contributed by atoms with van der Waals surface area (Å²) in [5.74, 6) is 1.81. The SMILES string of the molecule is c1ccc(-c2nc(-c3ccccc3)nc(-n3c4ccccc4c4cc(-c5cncc(-c6ccc7c8ccccc8n(-c8ccc9sc%10cccnc%10c9c8)c7c6)c5)ccc43)n2)cc1. The standard InChI is InChI=1S/C55H33N7S/c1-3-12-34(13-4-1)53-58-54(35-14-5-2-6-15-35)60-55(59-53)62-47-19-10-8-17-42(47)44-29-36(22-25-48(44)62)38-28-39(33-56-32-38)37-21-24-43-41-16-7-9-18-46(41)61(49(43)30-37)40-23-26-50-45(31-40)52-51(63-50)20-11-27-57-52/h1-33H. The van der Waals surface area contributed by atoms with E-state index < -0.39 is 0 Å². The van der Waals surface area contributed by atoms with Crippen molar-refractivity contribution in [3.63, 3.8) is 0 Å². The molecule has 13 rings (SSSR count). The molecule has 0 N–H and O–H groups in total. The Hall–Kier alpha value is -8.33. The van der Waals surface area contributed by atoms with Gasteiger partial charge in [0.1, 0.15) is 0 Å². The summed E-state index contributed by atoms with van der Waals surface area (Å²) >= 11 is 1.79. The third-order valence-corrected chi connectivity index (χ3v) is 13.2. The van der Waals surface area contributed by atoms with E-state index >= 15 is 0 Å². The molecule has 0 fully saturated rings. The van der Waals surface area contributed by atoms with Crippen LogP contribution in [0.3, 0.4) is 0 Å². The summed E-state index contributed by atoms with van der Waals surface area (Å²) in [6.45, 7) is 0. The molecule has 0 aliphatic carbocycles. The summed E-state index contributed by atoms with van der Waals surface area (Å²) in [7, 11) is 0. The highest BCUT2D eigenvalue weighted by Gasteiger charge is 2.20. The molecule has 0 aliphatic heterocycles. The Labute approximate surface area is 364 Å². The Kier molecular flexibility index (Phi) is 7.94. The largest absolute Gasteiger partial charge is 0.309 e. The van der Waals surface area contributed by atoms with Gasteiger partial charge in [0.2, 0.25) is 5.95 Å². The summed E-state index contributed by atoms with van der Waals surface area (Å²) in [5.41, 5.74) is 12.6. The number of pyridine rings is 2. The molecule has 0 radical (unpaired) electrons. The third kappa shape index (κ3) is 5.76. The van der Waals surface area contributed by atoms with Crippen molar-refractivity contribution in [1.29, 1.82) is 0 Å². The van der Waals surface area contributed by atoms with E-state index in [1.165, 1.54) is 31.1 Å². The lowest BCUT2D eigenvalue weighted by molar-refractivity contribution is 0.953. The summed E-state index contributed by atoms with van der Waals surface area (Å²) < 4.78 is 6.98. The first-order chi connectivity index (χ1) is 31.2. The monoisotopic (exact) mass is 823 g/mol. The minimum absolute atomic E-state index is 0.568. The van der Waals surface area contributed by atoms with Gasteiger partial charge in [-0.1, -0.05) is 115 Å². The fourth-order valence-electron chi connectivity index (χ4n) is 9.17. The predicted molar refractivity (Wildman–Crippen MR) is 259 cm³/mol. The molecule has 8 heteroatoms. The molecule has 7 nitrogen and oxygen atoms in total. The first-order valence-electron chi connectivity index (χ1n) is 20.9. The molecule has 0 spiro atoms. The van der Waals surface area contributed by atoms with E-state index in [2.05, 4.69) is 124 Å². The van der Waals surface area contributed by atoms with Gasteiger partial charge in [-0.25, -0.2) is 4.98 Å². The number of rotatable bonds is 6. The van der Waals surface area contributed by atoms with Gasteiger partial charge in [0.05, 0.1) is 32.3 Å². The van der Waals surface area contributed by atoms with E-state index in [0.29, 0.717) is 17.6 Å². The molecule has 6 heterocycles. The first kappa shape index (κ1) is 35.4. The molecule has 6 aromatic heterocycles. The zero-order chi connectivity index (χ0) is 41.4. The van der Waals surface area contributed by atoms with E-state index in [4.69, 9.17) is 24.9 Å². The molecule has 0 saturated carbocycles. The average Bonchev–Trinajstić information content (AvgIpc) is 4.01. The Morgan fingerprint density at radius 2 is 0.984 bits per heavy atom. The number of fused-ring (bicyclic) bond motifs is 9. The number of para-hydroxylation sites is 2. The van der Waals surface area contributed by atoms with E-state index in [0.717, 1.165) is 71.9 Å². The topological polar surface area (TPSA) is 74.3 Å². The zero-order valence-corrected chi connectivity index (χ0v) is 34.4. The van der Waals surface area contributed by atoms with E-state index in [-0.39, 0.29) is 0 Å². The molecule has 13 aromatic rings. The number of nitrogens with zero attached hydrogens (tertiary/aromatic N) is 7. The predicted octanol–water partition coefficient (Wildman–Crippen LogP) is 13.9. The van der Waals surface area contributed by atoms with Crippen LogP contribution >= 0.6 is 11.3 Å². The molecule has 0 atom stereocenters. The fraction of sp³-hybridized carbons (Fsp3) is 0. The smallest absolute Gasteiger partial charge is 0.238 e. The fourth-order valence-corrected chi connectivity index (χ4v) is 10.2. The van der Waals surface area contributed by atoms with Crippen LogP contribution in [0.4, 0.5) is 0 Å². The zero-order valence-electron chi connectivity index (χ0n) is 33.6. The summed E-state index contributed by atoms with van der Waals surface area (Å²) in [6, 6.07) is 63.9. The maximum atomic E-state index is 5.11. The number of benzene rings is 7. The van der Waals surface area contributed by atoms with Crippen LogP contribution in [0.25, 0.3) is 121 Å². The van der Waals surface area contributed by atoms with Gasteiger partial charge in [-0.3, -0.25) is 14.5 Å². The van der Waals surface area contributed by atoms with Crippen molar-refractivity contribution in [2.24, 2.45) is 0 Å². The lowest BCUT2D eigenvalue weighted by atomic mass is 9.99. The van der Waals surface area contributed by atoms with Crippen LogP contribution in [0.5, 0.6) is 0 Å². The van der Waals surface area contributed by atoms with Crippen LogP contribution in [-0.2, 0) is 0 Å². The normalized spacial score (nSPS) is 11.8. The Morgan fingerprint density at radius 3 is 1.73 bits per heavy atom. The molecule has 0 saturated heterocycles. The van der Waals surface area contributed by atoms with Crippen LogP contribution in [-0.4, -0.2) is 34.1 Å². The van der Waals surface area contributed by atoms with Crippen molar-refractivity contribution >= 4 is 75.3 Å². The summed E-state index contributed by atoms with van der Waals surface area (Å²) in [6.07, 6.45) is 5.80. The van der Waals surface area contributed by atoms with Gasteiger partial charge >= 0.3 is 0 Å². The summed E-state index contributed by atoms with van der Waals surface area (Å²) in [5, 5.41) is 5.82. The maximum absolute atomic E-state index is 5.11. The van der Waals surface area contributed by atoms with Crippen molar-refractivity contribution in [1.82, 2.24) is 34.1 Å². The Morgan fingerprint density at radius 1 is 0.365 bits per heavy atom. The second-order valence-electron chi connectivity index (χ2n) is 15.8. The van der Waals surface area contributed by atoms with Gasteiger partial charge in [-0.15, -0.1) is 11.3 Å². The highest BCUT2D eigenvalue weighted by atomic mass is 32.1. The highest BCUT2D eigenvalue weighted by Crippen LogP contribution is 2.40. The van der Waals surface area contributed by atoms with E-state index in [1.807, 2.05) is 85.3 Å². The van der Waals surface area contributed by atoms with Gasteiger partial charge in [0.25, 0.3) is 0 Å². The van der Waals surface area contributed by atoms with Crippen LogP contribution in [0.1, 0.15) is 0 Å². The van der Waals surface area contributed by atoms with Gasteiger partial charge in [0, 0.05) is 78.2 Å². The quantitative estimate of drug-likeness (QED) is 0.167. The van der Waals surface area contributed by atoms with Gasteiger partial charge < -0.3 is 4.57 Å².